The van der Waals surface area contributed by atoms with Crippen LogP contribution in [0.4, 0.5) is 23.7 Å². The molecule has 3 aliphatic rings. The van der Waals surface area contributed by atoms with E-state index >= 15 is 0 Å². The number of nitrogens with one attached hydrogen (secondary N) is 1. The summed E-state index contributed by atoms with van der Waals surface area (Å²) in [6, 6.07) is 9.79. The SMILES string of the molecule is CN1CCN(C2CCN(C(=O)[C@@H](Cc3cc(Cl)c(N)c(C(F)(F)F)c3)OC(=O)N3CCC(n4c(=O)[nH]c5c6ccccc6ncc54)CC3)CC2)CC1. The third-order valence-corrected chi connectivity index (χ3v) is 11.1. The van der Waals surface area contributed by atoms with Crippen LogP contribution in [0.25, 0.3) is 21.9 Å². The summed E-state index contributed by atoms with van der Waals surface area (Å²) in [5.41, 5.74) is 5.88. The first-order valence-electron chi connectivity index (χ1n) is 17.7. The molecule has 3 saturated heterocycles. The highest BCUT2D eigenvalue weighted by atomic mass is 35.5. The number of halogens is 4. The van der Waals surface area contributed by atoms with Gasteiger partial charge >= 0.3 is 18.0 Å². The molecule has 7 rings (SSSR count). The van der Waals surface area contributed by atoms with Crippen LogP contribution in [-0.2, 0) is 22.1 Å². The fraction of sp³-hybridized carbons (Fsp3) is 0.500. The van der Waals surface area contributed by atoms with Gasteiger partial charge in [0.2, 0.25) is 0 Å². The first kappa shape index (κ1) is 36.0. The summed E-state index contributed by atoms with van der Waals surface area (Å²) in [6.07, 6.45) is -3.18. The first-order valence-corrected chi connectivity index (χ1v) is 18.0. The quantitative estimate of drug-likeness (QED) is 0.271. The number of nitrogens with two attached hydrogens (primary N) is 1. The lowest BCUT2D eigenvalue weighted by Gasteiger charge is -2.42. The van der Waals surface area contributed by atoms with E-state index < -0.39 is 35.5 Å². The number of pyridine rings is 1. The van der Waals surface area contributed by atoms with E-state index in [1.807, 2.05) is 24.3 Å². The van der Waals surface area contributed by atoms with Gasteiger partial charge in [-0.3, -0.25) is 19.2 Å². The average Bonchev–Trinajstić information content (AvgIpc) is 3.48. The number of piperidine rings is 2. The van der Waals surface area contributed by atoms with E-state index in [-0.39, 0.29) is 41.8 Å². The molecule has 0 unspecified atom stereocenters. The molecule has 12 nitrogen and oxygen atoms in total. The Bertz CT molecular complexity index is 2010. The third-order valence-electron chi connectivity index (χ3n) is 10.8. The molecular formula is C36H42ClF3N8O4. The zero-order valence-electron chi connectivity index (χ0n) is 28.9. The number of anilines is 1. The van der Waals surface area contributed by atoms with E-state index in [0.29, 0.717) is 43.0 Å². The highest BCUT2D eigenvalue weighted by molar-refractivity contribution is 6.33. The number of hydrogen-bond donors (Lipinski definition) is 2. The van der Waals surface area contributed by atoms with Crippen molar-refractivity contribution < 1.29 is 27.5 Å². The molecule has 0 bridgehead atoms. The van der Waals surface area contributed by atoms with Crippen LogP contribution in [-0.4, -0.2) is 118 Å². The number of nitrogen functional groups attached to an aromatic ring is 1. The number of aromatic amines is 1. The highest BCUT2D eigenvalue weighted by Crippen LogP contribution is 2.38. The van der Waals surface area contributed by atoms with E-state index in [1.165, 1.54) is 11.0 Å². The Hall–Kier alpha value is -4.34. The molecule has 0 radical (unpaired) electrons. The standard InChI is InChI=1S/C36H42ClF3N8O4/c1-44-14-16-45(17-15-44)23-6-10-46(11-7-23)33(49)30(20-22-18-26(36(38,39)40)31(41)27(37)19-22)52-35(51)47-12-8-24(9-13-47)48-29-21-42-28-5-3-2-4-25(28)32(29)43-34(48)50/h2-5,18-19,21,23-24,30H,6-17,20,41H2,1H3,(H,43,50)/t30-/m1/s1. The van der Waals surface area contributed by atoms with Gasteiger partial charge in [0.1, 0.15) is 0 Å². The Labute approximate surface area is 303 Å². The van der Waals surface area contributed by atoms with E-state index in [0.717, 1.165) is 56.0 Å². The molecule has 2 aromatic carbocycles. The molecular weight excluding hydrogens is 701 g/mol. The van der Waals surface area contributed by atoms with Crippen LogP contribution in [0.2, 0.25) is 5.02 Å². The van der Waals surface area contributed by atoms with E-state index in [2.05, 4.69) is 26.8 Å². The zero-order valence-corrected chi connectivity index (χ0v) is 29.6. The summed E-state index contributed by atoms with van der Waals surface area (Å²) in [7, 11) is 2.10. The monoisotopic (exact) mass is 742 g/mol. The lowest BCUT2D eigenvalue weighted by atomic mass is 9.99. The van der Waals surface area contributed by atoms with Crippen LogP contribution < -0.4 is 11.4 Å². The summed E-state index contributed by atoms with van der Waals surface area (Å²) < 4.78 is 49.1. The first-order chi connectivity index (χ1) is 24.9. The molecule has 3 fully saturated rings. The normalized spacial score (nSPS) is 19.4. The highest BCUT2D eigenvalue weighted by Gasteiger charge is 2.38. The second-order valence-electron chi connectivity index (χ2n) is 14.1. The minimum absolute atomic E-state index is 0.0727. The fourth-order valence-corrected chi connectivity index (χ4v) is 8.09. The number of carbonyl (C=O) groups is 2. The summed E-state index contributed by atoms with van der Waals surface area (Å²) in [4.78, 5) is 56.1. The van der Waals surface area contributed by atoms with Crippen molar-refractivity contribution in [2.45, 2.75) is 56.5 Å². The van der Waals surface area contributed by atoms with Gasteiger partial charge in [0.05, 0.1) is 39.0 Å². The largest absolute Gasteiger partial charge is 0.436 e. The van der Waals surface area contributed by atoms with E-state index in [1.54, 1.807) is 15.7 Å². The van der Waals surface area contributed by atoms with E-state index in [4.69, 9.17) is 22.1 Å². The second kappa shape index (κ2) is 14.6. The summed E-state index contributed by atoms with van der Waals surface area (Å²) >= 11 is 6.12. The van der Waals surface area contributed by atoms with Crippen molar-refractivity contribution in [1.29, 1.82) is 0 Å². The summed E-state index contributed by atoms with van der Waals surface area (Å²) in [5.74, 6) is -0.466. The van der Waals surface area contributed by atoms with Crippen molar-refractivity contribution in [3.63, 3.8) is 0 Å². The Morgan fingerprint density at radius 1 is 0.981 bits per heavy atom. The molecule has 278 valence electrons. The number of piperazine rings is 1. The molecule has 16 heteroatoms. The average molecular weight is 743 g/mol. The van der Waals surface area contributed by atoms with Crippen molar-refractivity contribution in [3.05, 3.63) is 69.2 Å². The van der Waals surface area contributed by atoms with Gasteiger partial charge in [-0.2, -0.15) is 13.2 Å². The molecule has 4 aromatic rings. The van der Waals surface area contributed by atoms with Crippen LogP contribution in [0, 0.1) is 0 Å². The lowest BCUT2D eigenvalue weighted by Crippen LogP contribution is -2.54. The van der Waals surface area contributed by atoms with Crippen molar-refractivity contribution in [2.75, 3.05) is 65.1 Å². The van der Waals surface area contributed by atoms with Crippen molar-refractivity contribution >= 4 is 51.2 Å². The predicted octanol–water partition coefficient (Wildman–Crippen LogP) is 4.76. The molecule has 2 aromatic heterocycles. The minimum atomic E-state index is -4.77. The van der Waals surface area contributed by atoms with Gasteiger partial charge in [0.15, 0.2) is 6.10 Å². The Morgan fingerprint density at radius 3 is 2.33 bits per heavy atom. The van der Waals surface area contributed by atoms with E-state index in [9.17, 15) is 27.6 Å². The molecule has 2 amide bonds. The summed E-state index contributed by atoms with van der Waals surface area (Å²) in [5, 5.41) is 0.536. The van der Waals surface area contributed by atoms with Gasteiger partial charge in [0.25, 0.3) is 5.91 Å². The van der Waals surface area contributed by atoms with Crippen LogP contribution >= 0.6 is 11.6 Å². The van der Waals surface area contributed by atoms with Gasteiger partial charge < -0.3 is 30.2 Å². The number of rotatable bonds is 6. The molecule has 3 aliphatic heterocycles. The van der Waals surface area contributed by atoms with Gasteiger partial charge in [-0.15, -0.1) is 0 Å². The van der Waals surface area contributed by atoms with Gasteiger partial charge in [0, 0.05) is 76.2 Å². The summed E-state index contributed by atoms with van der Waals surface area (Å²) in [6.45, 7) is 5.23. The maximum Gasteiger partial charge on any atom is 0.418 e. The molecule has 0 saturated carbocycles. The number of fused-ring (bicyclic) bond motifs is 3. The zero-order chi connectivity index (χ0) is 36.7. The molecule has 1 atom stereocenters. The smallest absolute Gasteiger partial charge is 0.418 e. The third kappa shape index (κ3) is 7.30. The van der Waals surface area contributed by atoms with Crippen molar-refractivity contribution in [2.24, 2.45) is 0 Å². The number of amides is 2. The Balaban J connectivity index is 1.06. The number of carbonyl (C=O) groups excluding carboxylic acids is 2. The number of benzene rings is 2. The Morgan fingerprint density at radius 2 is 1.63 bits per heavy atom. The minimum Gasteiger partial charge on any atom is -0.436 e. The Kier molecular flexibility index (Phi) is 10.1. The van der Waals surface area contributed by atoms with Crippen LogP contribution in [0.3, 0.4) is 0 Å². The van der Waals surface area contributed by atoms with Crippen LogP contribution in [0.5, 0.6) is 0 Å². The number of nitrogens with zero attached hydrogens (tertiary/aromatic N) is 6. The number of imidazole rings is 1. The maximum absolute atomic E-state index is 14.0. The predicted molar refractivity (Wildman–Crippen MR) is 191 cm³/mol. The molecule has 0 spiro atoms. The molecule has 5 heterocycles. The number of likely N-dealkylation sites (tertiary alicyclic amines) is 2. The molecule has 52 heavy (non-hydrogen) atoms. The fourth-order valence-electron chi connectivity index (χ4n) is 7.85. The number of para-hydroxylation sites is 1. The molecule has 0 aliphatic carbocycles. The number of H-pyrrole nitrogens is 1. The lowest BCUT2D eigenvalue weighted by molar-refractivity contribution is -0.142. The maximum atomic E-state index is 14.0. The van der Waals surface area contributed by atoms with Gasteiger partial charge in [-0.05, 0) is 56.5 Å². The topological polar surface area (TPSA) is 133 Å². The molecule has 3 N–H and O–H groups in total. The number of hydrogen-bond acceptors (Lipinski definition) is 8. The number of alkyl halides is 3. The number of likely N-dealkylation sites (N-methyl/N-ethyl adjacent to an activating group) is 1. The number of aromatic nitrogens is 3. The van der Waals surface area contributed by atoms with Gasteiger partial charge in [-0.25, -0.2) is 9.59 Å². The second-order valence-corrected chi connectivity index (χ2v) is 14.5. The number of ether oxygens (including phenoxy) is 1. The van der Waals surface area contributed by atoms with Crippen molar-refractivity contribution in [1.82, 2.24) is 34.1 Å². The van der Waals surface area contributed by atoms with Crippen molar-refractivity contribution in [3.8, 4) is 0 Å². The van der Waals surface area contributed by atoms with Gasteiger partial charge in [-0.1, -0.05) is 29.8 Å². The van der Waals surface area contributed by atoms with Crippen LogP contribution in [0.15, 0.2) is 47.4 Å². The van der Waals surface area contributed by atoms with Crippen LogP contribution in [0.1, 0.15) is 42.9 Å².